The fourth-order valence-electron chi connectivity index (χ4n) is 3.09. The van der Waals surface area contributed by atoms with E-state index in [9.17, 15) is 9.18 Å². The molecule has 0 saturated heterocycles. The van der Waals surface area contributed by atoms with Crippen molar-refractivity contribution >= 4 is 23.3 Å². The molecule has 0 atom stereocenters. The van der Waals surface area contributed by atoms with Crippen LogP contribution in [0.2, 0.25) is 0 Å². The highest BCUT2D eigenvalue weighted by atomic mass is 19.1. The van der Waals surface area contributed by atoms with Gasteiger partial charge in [0, 0.05) is 18.5 Å². The first-order chi connectivity index (χ1) is 11.8. The number of para-hydroxylation sites is 1. The standard InChI is InChI=1S/C19H18FN3O/c20-18-10-21-13-22(18)8-2-5-15-3-1-4-16-9-17(12-24)23(19(15)16)11-14-6-7-14/h1-5,9-10,12-14H,6-8,11H2/b5-2+. The normalized spacial score (nSPS) is 14.7. The fourth-order valence-corrected chi connectivity index (χ4v) is 3.09. The Kier molecular flexibility index (Phi) is 3.76. The van der Waals surface area contributed by atoms with Crippen molar-refractivity contribution in [2.45, 2.75) is 25.9 Å². The van der Waals surface area contributed by atoms with Gasteiger partial charge in [-0.1, -0.05) is 30.4 Å². The number of benzene rings is 1. The summed E-state index contributed by atoms with van der Waals surface area (Å²) >= 11 is 0. The van der Waals surface area contributed by atoms with Gasteiger partial charge in [0.2, 0.25) is 5.95 Å². The highest BCUT2D eigenvalue weighted by molar-refractivity contribution is 5.94. The molecule has 3 aromatic rings. The molecule has 0 radical (unpaired) electrons. The number of imidazole rings is 1. The van der Waals surface area contributed by atoms with Gasteiger partial charge >= 0.3 is 0 Å². The average Bonchev–Trinajstić information content (AvgIpc) is 3.20. The van der Waals surface area contributed by atoms with Crippen LogP contribution in [0, 0.1) is 11.9 Å². The molecule has 1 aliphatic carbocycles. The first-order valence-electron chi connectivity index (χ1n) is 8.16. The minimum Gasteiger partial charge on any atom is -0.338 e. The van der Waals surface area contributed by atoms with Crippen molar-refractivity contribution in [3.8, 4) is 0 Å². The van der Waals surface area contributed by atoms with E-state index in [-0.39, 0.29) is 5.95 Å². The molecule has 0 bridgehead atoms. The summed E-state index contributed by atoms with van der Waals surface area (Å²) in [6.07, 6.45) is 9.96. The Morgan fingerprint density at radius 2 is 2.21 bits per heavy atom. The second kappa shape index (κ2) is 6.07. The molecular formula is C19H18FN3O. The van der Waals surface area contributed by atoms with Crippen LogP contribution in [0.5, 0.6) is 0 Å². The third-order valence-corrected chi connectivity index (χ3v) is 4.50. The lowest BCUT2D eigenvalue weighted by Gasteiger charge is -2.09. The van der Waals surface area contributed by atoms with Crippen LogP contribution in [0.1, 0.15) is 28.9 Å². The summed E-state index contributed by atoms with van der Waals surface area (Å²) in [5.41, 5.74) is 2.84. The number of rotatable bonds is 6. The average molecular weight is 323 g/mol. The summed E-state index contributed by atoms with van der Waals surface area (Å²) in [5, 5.41) is 1.06. The van der Waals surface area contributed by atoms with Crippen LogP contribution in [0.3, 0.4) is 0 Å². The predicted molar refractivity (Wildman–Crippen MR) is 91.3 cm³/mol. The van der Waals surface area contributed by atoms with Crippen LogP contribution in [-0.4, -0.2) is 20.4 Å². The van der Waals surface area contributed by atoms with Gasteiger partial charge in [-0.25, -0.2) is 4.98 Å². The summed E-state index contributed by atoms with van der Waals surface area (Å²) < 4.78 is 17.0. The molecule has 5 heteroatoms. The highest BCUT2D eigenvalue weighted by Crippen LogP contribution is 2.34. The molecule has 0 N–H and O–H groups in total. The molecule has 0 aliphatic heterocycles. The topological polar surface area (TPSA) is 39.8 Å². The van der Waals surface area contributed by atoms with E-state index in [0.29, 0.717) is 12.5 Å². The van der Waals surface area contributed by atoms with Gasteiger partial charge in [-0.2, -0.15) is 4.39 Å². The van der Waals surface area contributed by atoms with Crippen LogP contribution in [0.4, 0.5) is 4.39 Å². The summed E-state index contributed by atoms with van der Waals surface area (Å²) in [5.74, 6) is 0.328. The number of hydrogen-bond donors (Lipinski definition) is 0. The van der Waals surface area contributed by atoms with Crippen LogP contribution < -0.4 is 0 Å². The maximum atomic E-state index is 13.4. The summed E-state index contributed by atoms with van der Waals surface area (Å²) in [6, 6.07) is 7.98. The van der Waals surface area contributed by atoms with E-state index in [2.05, 4.69) is 9.55 Å². The Morgan fingerprint density at radius 3 is 2.92 bits per heavy atom. The molecule has 2 aromatic heterocycles. The lowest BCUT2D eigenvalue weighted by molar-refractivity contribution is 0.111. The monoisotopic (exact) mass is 323 g/mol. The SMILES string of the molecule is O=Cc1cc2cccc(/C=C/Cn3cncc3F)c2n1CC1CC1. The molecular weight excluding hydrogens is 305 g/mol. The number of hydrogen-bond acceptors (Lipinski definition) is 2. The maximum Gasteiger partial charge on any atom is 0.213 e. The van der Waals surface area contributed by atoms with E-state index in [0.717, 1.165) is 35.0 Å². The summed E-state index contributed by atoms with van der Waals surface area (Å²) in [4.78, 5) is 15.2. The molecule has 24 heavy (non-hydrogen) atoms. The van der Waals surface area contributed by atoms with Crippen LogP contribution in [-0.2, 0) is 13.1 Å². The third-order valence-electron chi connectivity index (χ3n) is 4.50. The molecule has 1 aliphatic rings. The van der Waals surface area contributed by atoms with Crippen LogP contribution in [0.25, 0.3) is 17.0 Å². The first kappa shape index (κ1) is 14.9. The molecule has 4 rings (SSSR count). The first-order valence-corrected chi connectivity index (χ1v) is 8.16. The number of carbonyl (C=O) groups excluding carboxylic acids is 1. The van der Waals surface area contributed by atoms with Crippen molar-refractivity contribution in [3.05, 3.63) is 60.1 Å². The van der Waals surface area contributed by atoms with Gasteiger partial charge in [0.1, 0.15) is 0 Å². The maximum absolute atomic E-state index is 13.4. The molecule has 0 spiro atoms. The lowest BCUT2D eigenvalue weighted by atomic mass is 10.1. The van der Waals surface area contributed by atoms with E-state index >= 15 is 0 Å². The van der Waals surface area contributed by atoms with Gasteiger partial charge in [0.25, 0.3) is 0 Å². The molecule has 122 valence electrons. The number of fused-ring (bicyclic) bond motifs is 1. The smallest absolute Gasteiger partial charge is 0.213 e. The van der Waals surface area contributed by atoms with Gasteiger partial charge in [0.15, 0.2) is 6.29 Å². The minimum absolute atomic E-state index is 0.349. The van der Waals surface area contributed by atoms with Gasteiger partial charge in [-0.15, -0.1) is 0 Å². The van der Waals surface area contributed by atoms with E-state index < -0.39 is 0 Å². The quantitative estimate of drug-likeness (QED) is 0.645. The van der Waals surface area contributed by atoms with E-state index in [1.807, 2.05) is 36.4 Å². The van der Waals surface area contributed by atoms with Gasteiger partial charge < -0.3 is 9.13 Å². The zero-order chi connectivity index (χ0) is 16.5. The fraction of sp³-hybridized carbons (Fsp3) is 0.263. The second-order valence-corrected chi connectivity index (χ2v) is 6.30. The van der Waals surface area contributed by atoms with Crippen LogP contribution in [0.15, 0.2) is 42.9 Å². The molecule has 1 fully saturated rings. The Labute approximate surface area is 139 Å². The Balaban J connectivity index is 1.70. The number of carbonyl (C=O) groups is 1. The molecule has 2 heterocycles. The Morgan fingerprint density at radius 1 is 1.33 bits per heavy atom. The molecule has 1 aromatic carbocycles. The molecule has 4 nitrogen and oxygen atoms in total. The van der Waals surface area contributed by atoms with Gasteiger partial charge in [-0.05, 0) is 30.4 Å². The predicted octanol–water partition coefficient (Wildman–Crippen LogP) is 3.91. The summed E-state index contributed by atoms with van der Waals surface area (Å²) in [7, 11) is 0. The number of aldehydes is 1. The zero-order valence-electron chi connectivity index (χ0n) is 13.2. The van der Waals surface area contributed by atoms with Crippen molar-refractivity contribution in [3.63, 3.8) is 0 Å². The summed E-state index contributed by atoms with van der Waals surface area (Å²) in [6.45, 7) is 1.31. The van der Waals surface area contributed by atoms with E-state index in [1.54, 1.807) is 0 Å². The molecule has 1 saturated carbocycles. The Bertz CT molecular complexity index is 918. The number of nitrogens with zero attached hydrogens (tertiary/aromatic N) is 3. The van der Waals surface area contributed by atoms with E-state index in [1.165, 1.54) is 29.9 Å². The van der Waals surface area contributed by atoms with Crippen molar-refractivity contribution in [2.24, 2.45) is 5.92 Å². The van der Waals surface area contributed by atoms with Crippen molar-refractivity contribution in [1.82, 2.24) is 14.1 Å². The zero-order valence-corrected chi connectivity index (χ0v) is 13.2. The minimum atomic E-state index is -0.349. The highest BCUT2D eigenvalue weighted by Gasteiger charge is 2.24. The Hall–Kier alpha value is -2.69. The number of aromatic nitrogens is 3. The van der Waals surface area contributed by atoms with E-state index in [4.69, 9.17) is 0 Å². The van der Waals surface area contributed by atoms with Gasteiger partial charge in [0.05, 0.1) is 23.7 Å². The molecule has 0 amide bonds. The molecule has 0 unspecified atom stereocenters. The second-order valence-electron chi connectivity index (χ2n) is 6.30. The van der Waals surface area contributed by atoms with Crippen LogP contribution >= 0.6 is 0 Å². The van der Waals surface area contributed by atoms with Crippen molar-refractivity contribution in [1.29, 1.82) is 0 Å². The van der Waals surface area contributed by atoms with Crippen molar-refractivity contribution in [2.75, 3.05) is 0 Å². The van der Waals surface area contributed by atoms with Crippen molar-refractivity contribution < 1.29 is 9.18 Å². The third kappa shape index (κ3) is 2.77. The number of halogens is 1. The van der Waals surface area contributed by atoms with Gasteiger partial charge in [-0.3, -0.25) is 4.79 Å². The largest absolute Gasteiger partial charge is 0.338 e. The lowest BCUT2D eigenvalue weighted by Crippen LogP contribution is -2.04. The number of allylic oxidation sites excluding steroid dienone is 1.